The van der Waals surface area contributed by atoms with Crippen LogP contribution in [0.2, 0.25) is 0 Å². The number of nitrogens with zero attached hydrogens (tertiary/aromatic N) is 1. The molecule has 126 valence electrons. The van der Waals surface area contributed by atoms with Gasteiger partial charge in [0.15, 0.2) is 0 Å². The molecule has 0 saturated heterocycles. The van der Waals surface area contributed by atoms with Crippen LogP contribution in [0.25, 0.3) is 0 Å². The fourth-order valence-corrected chi connectivity index (χ4v) is 4.99. The Kier molecular flexibility index (Phi) is 4.61. The lowest BCUT2D eigenvalue weighted by atomic mass is 10.1. The monoisotopic (exact) mass is 341 g/mol. The number of sulfonamides is 1. The molecule has 3 nitrogen and oxygen atoms in total. The van der Waals surface area contributed by atoms with Crippen molar-refractivity contribution in [3.05, 3.63) is 77.9 Å². The van der Waals surface area contributed by atoms with Crippen LogP contribution in [0, 0.1) is 12.8 Å². The van der Waals surface area contributed by atoms with E-state index in [-0.39, 0.29) is 18.0 Å². The van der Waals surface area contributed by atoms with Crippen molar-refractivity contribution in [3.8, 4) is 0 Å². The molecule has 1 aliphatic rings. The van der Waals surface area contributed by atoms with E-state index in [1.54, 1.807) is 16.4 Å². The predicted molar refractivity (Wildman–Crippen MR) is 97.2 cm³/mol. The maximum absolute atomic E-state index is 13.3. The van der Waals surface area contributed by atoms with E-state index >= 15 is 0 Å². The number of aryl methyl sites for hydroxylation is 1. The van der Waals surface area contributed by atoms with Gasteiger partial charge in [-0.1, -0.05) is 74.0 Å². The number of rotatable bonds is 4. The van der Waals surface area contributed by atoms with E-state index in [0.29, 0.717) is 4.90 Å². The Balaban J connectivity index is 2.07. The van der Waals surface area contributed by atoms with E-state index in [1.807, 2.05) is 61.5 Å². The fourth-order valence-electron chi connectivity index (χ4n) is 3.14. The molecule has 0 bridgehead atoms. The first kappa shape index (κ1) is 16.9. The van der Waals surface area contributed by atoms with Crippen molar-refractivity contribution in [2.45, 2.75) is 37.8 Å². The second kappa shape index (κ2) is 6.54. The molecule has 2 atom stereocenters. The summed E-state index contributed by atoms with van der Waals surface area (Å²) in [5.41, 5.74) is 2.04. The first-order valence-electron chi connectivity index (χ1n) is 8.25. The molecule has 0 saturated carbocycles. The van der Waals surface area contributed by atoms with Crippen LogP contribution >= 0.6 is 0 Å². The van der Waals surface area contributed by atoms with Crippen LogP contribution in [-0.4, -0.2) is 18.8 Å². The summed E-state index contributed by atoms with van der Waals surface area (Å²) in [6, 6.07) is 16.5. The fraction of sp³-hybridized carbons (Fsp3) is 0.300. The summed E-state index contributed by atoms with van der Waals surface area (Å²) in [5.74, 6) is 0.204. The van der Waals surface area contributed by atoms with Crippen molar-refractivity contribution in [1.82, 2.24) is 4.31 Å². The van der Waals surface area contributed by atoms with E-state index in [2.05, 4.69) is 13.8 Å². The normalized spacial score (nSPS) is 21.5. The minimum Gasteiger partial charge on any atom is -0.207 e. The lowest BCUT2D eigenvalue weighted by Gasteiger charge is -2.32. The van der Waals surface area contributed by atoms with Crippen LogP contribution in [0.4, 0.5) is 0 Å². The summed E-state index contributed by atoms with van der Waals surface area (Å²) in [4.78, 5) is 0.350. The largest absolute Gasteiger partial charge is 0.244 e. The summed E-state index contributed by atoms with van der Waals surface area (Å²) < 4.78 is 28.3. The Hall–Kier alpha value is -1.91. The molecule has 1 heterocycles. The lowest BCUT2D eigenvalue weighted by Crippen LogP contribution is -2.40. The number of hydrogen-bond donors (Lipinski definition) is 0. The Labute approximate surface area is 144 Å². The van der Waals surface area contributed by atoms with Crippen LogP contribution in [-0.2, 0) is 10.0 Å². The van der Waals surface area contributed by atoms with Crippen LogP contribution < -0.4 is 0 Å². The highest BCUT2D eigenvalue weighted by Gasteiger charge is 2.40. The Morgan fingerprint density at radius 3 is 2.12 bits per heavy atom. The van der Waals surface area contributed by atoms with Crippen molar-refractivity contribution in [2.24, 2.45) is 5.92 Å². The zero-order valence-electron chi connectivity index (χ0n) is 14.3. The van der Waals surface area contributed by atoms with Crippen LogP contribution in [0.1, 0.15) is 31.0 Å². The predicted octanol–water partition coefficient (Wildman–Crippen LogP) is 4.32. The minimum atomic E-state index is -3.58. The molecule has 0 fully saturated rings. The van der Waals surface area contributed by atoms with Gasteiger partial charge in [-0.15, -0.1) is 0 Å². The van der Waals surface area contributed by atoms with Gasteiger partial charge in [-0.25, -0.2) is 8.42 Å². The molecule has 0 spiro atoms. The molecular formula is C20H23NO2S. The zero-order valence-corrected chi connectivity index (χ0v) is 15.1. The Morgan fingerprint density at radius 2 is 1.54 bits per heavy atom. The first-order chi connectivity index (χ1) is 11.4. The van der Waals surface area contributed by atoms with Crippen molar-refractivity contribution < 1.29 is 8.42 Å². The third kappa shape index (κ3) is 3.04. The molecule has 2 aromatic rings. The van der Waals surface area contributed by atoms with Crippen molar-refractivity contribution >= 4 is 10.0 Å². The summed E-state index contributed by atoms with van der Waals surface area (Å²) in [5, 5.41) is 0. The van der Waals surface area contributed by atoms with Crippen molar-refractivity contribution in [3.63, 3.8) is 0 Å². The maximum atomic E-state index is 13.3. The van der Waals surface area contributed by atoms with Crippen LogP contribution in [0.15, 0.2) is 71.6 Å². The third-order valence-electron chi connectivity index (χ3n) is 4.48. The second-order valence-electron chi connectivity index (χ2n) is 6.62. The van der Waals surface area contributed by atoms with Gasteiger partial charge < -0.3 is 0 Å². The van der Waals surface area contributed by atoms with Gasteiger partial charge in [-0.05, 0) is 30.5 Å². The van der Waals surface area contributed by atoms with Crippen molar-refractivity contribution in [1.29, 1.82) is 0 Å². The molecule has 24 heavy (non-hydrogen) atoms. The Morgan fingerprint density at radius 1 is 0.917 bits per heavy atom. The van der Waals surface area contributed by atoms with E-state index in [1.165, 1.54) is 0 Å². The highest BCUT2D eigenvalue weighted by atomic mass is 32.2. The molecule has 1 aliphatic heterocycles. The molecule has 2 aromatic carbocycles. The SMILES string of the molecule is Cc1ccc(S(=O)(=O)N2C(c3ccccc3)C=CC2C(C)C)cc1. The number of hydrogen-bond acceptors (Lipinski definition) is 2. The quantitative estimate of drug-likeness (QED) is 0.777. The van der Waals surface area contributed by atoms with Gasteiger partial charge in [-0.3, -0.25) is 0 Å². The number of benzene rings is 2. The summed E-state index contributed by atoms with van der Waals surface area (Å²) in [6.45, 7) is 6.07. The highest BCUT2D eigenvalue weighted by molar-refractivity contribution is 7.89. The standard InChI is InChI=1S/C20H23NO2S/c1-15(2)19-13-14-20(17-7-5-4-6-8-17)21(19)24(22,23)18-11-9-16(3)10-12-18/h4-15,19-20H,1-3H3. The average molecular weight is 341 g/mol. The minimum absolute atomic E-state index is 0.137. The van der Waals surface area contributed by atoms with Crippen LogP contribution in [0.5, 0.6) is 0 Å². The average Bonchev–Trinajstić information content (AvgIpc) is 3.02. The molecular weight excluding hydrogens is 318 g/mol. The van der Waals surface area contributed by atoms with Crippen LogP contribution in [0.3, 0.4) is 0 Å². The summed E-state index contributed by atoms with van der Waals surface area (Å²) in [7, 11) is -3.58. The zero-order chi connectivity index (χ0) is 17.3. The van der Waals surface area contributed by atoms with E-state index in [0.717, 1.165) is 11.1 Å². The van der Waals surface area contributed by atoms with Crippen molar-refractivity contribution in [2.75, 3.05) is 0 Å². The first-order valence-corrected chi connectivity index (χ1v) is 9.69. The van der Waals surface area contributed by atoms with E-state index < -0.39 is 10.0 Å². The molecule has 0 aromatic heterocycles. The Bertz CT molecular complexity index is 824. The molecule has 4 heteroatoms. The van der Waals surface area contributed by atoms with Gasteiger partial charge in [0.25, 0.3) is 0 Å². The van der Waals surface area contributed by atoms with E-state index in [9.17, 15) is 8.42 Å². The lowest BCUT2D eigenvalue weighted by molar-refractivity contribution is 0.292. The van der Waals surface area contributed by atoms with Gasteiger partial charge in [0.05, 0.1) is 10.9 Å². The van der Waals surface area contributed by atoms with Gasteiger partial charge in [0, 0.05) is 6.04 Å². The van der Waals surface area contributed by atoms with Gasteiger partial charge >= 0.3 is 0 Å². The molecule has 0 radical (unpaired) electrons. The van der Waals surface area contributed by atoms with E-state index in [4.69, 9.17) is 0 Å². The summed E-state index contributed by atoms with van der Waals surface area (Å²) in [6.07, 6.45) is 4.03. The van der Waals surface area contributed by atoms with Gasteiger partial charge in [-0.2, -0.15) is 4.31 Å². The smallest absolute Gasteiger partial charge is 0.207 e. The second-order valence-corrected chi connectivity index (χ2v) is 8.47. The molecule has 2 unspecified atom stereocenters. The highest BCUT2D eigenvalue weighted by Crippen LogP contribution is 2.38. The van der Waals surface area contributed by atoms with Gasteiger partial charge in [0.1, 0.15) is 0 Å². The van der Waals surface area contributed by atoms with Gasteiger partial charge in [0.2, 0.25) is 10.0 Å². The maximum Gasteiger partial charge on any atom is 0.244 e. The molecule has 3 rings (SSSR count). The molecule has 0 N–H and O–H groups in total. The topological polar surface area (TPSA) is 37.4 Å². The molecule has 0 amide bonds. The third-order valence-corrected chi connectivity index (χ3v) is 6.37. The summed E-state index contributed by atoms with van der Waals surface area (Å²) >= 11 is 0. The molecule has 0 aliphatic carbocycles.